The van der Waals surface area contributed by atoms with Gasteiger partial charge in [-0.05, 0) is 62.2 Å². The number of benzene rings is 2. The van der Waals surface area contributed by atoms with Gasteiger partial charge in [-0.1, -0.05) is 11.6 Å². The predicted octanol–water partition coefficient (Wildman–Crippen LogP) is 4.78. The van der Waals surface area contributed by atoms with Crippen LogP contribution >= 0.6 is 11.6 Å². The number of aromatic nitrogens is 2. The zero-order valence-corrected chi connectivity index (χ0v) is 14.1. The van der Waals surface area contributed by atoms with Gasteiger partial charge in [-0.15, -0.1) is 0 Å². The first kappa shape index (κ1) is 15.6. The monoisotopic (exact) mass is 327 g/mol. The van der Waals surface area contributed by atoms with E-state index in [9.17, 15) is 5.11 Å². The molecule has 0 unspecified atom stereocenters. The van der Waals surface area contributed by atoms with Crippen molar-refractivity contribution in [1.29, 1.82) is 0 Å². The molecule has 2 aromatic carbocycles. The van der Waals surface area contributed by atoms with Crippen molar-refractivity contribution in [2.45, 2.75) is 27.3 Å². The fraction of sp³-hybridized carbons (Fsp3) is 0.222. The van der Waals surface area contributed by atoms with Crippen molar-refractivity contribution in [3.8, 4) is 5.75 Å². The second kappa shape index (κ2) is 6.05. The number of fused-ring (bicyclic) bond motifs is 1. The number of aryl methyl sites for hydroxylation is 3. The number of nitrogens with zero attached hydrogens (tertiary/aromatic N) is 3. The largest absolute Gasteiger partial charge is 0.507 e. The summed E-state index contributed by atoms with van der Waals surface area (Å²) in [6.07, 6.45) is 1.59. The average molecular weight is 328 g/mol. The fourth-order valence-corrected chi connectivity index (χ4v) is 2.71. The lowest BCUT2D eigenvalue weighted by atomic mass is 10.1. The zero-order chi connectivity index (χ0) is 16.6. The summed E-state index contributed by atoms with van der Waals surface area (Å²) in [5.74, 6) is 0.760. The molecule has 5 heteroatoms. The van der Waals surface area contributed by atoms with Crippen molar-refractivity contribution < 1.29 is 5.11 Å². The molecule has 0 atom stereocenters. The Balaban J connectivity index is 2.09. The molecule has 0 bridgehead atoms. The standard InChI is InChI=1S/C18H18ClN3O/c1-4-22-16-8-12(3)11(2)7-15(16)21-18(22)20-10-13-9-14(19)5-6-17(13)23/h5-10,23H,4H2,1-3H3/b20-10+. The minimum atomic E-state index is 0.143. The number of aliphatic imine (C=N–C) groups is 1. The third-order valence-corrected chi connectivity index (χ3v) is 4.20. The van der Waals surface area contributed by atoms with Crippen molar-refractivity contribution in [2.24, 2.45) is 4.99 Å². The van der Waals surface area contributed by atoms with E-state index in [-0.39, 0.29) is 5.75 Å². The van der Waals surface area contributed by atoms with E-state index in [4.69, 9.17) is 11.6 Å². The van der Waals surface area contributed by atoms with Gasteiger partial charge in [0.25, 0.3) is 0 Å². The lowest BCUT2D eigenvalue weighted by Gasteiger charge is -2.04. The van der Waals surface area contributed by atoms with Gasteiger partial charge in [-0.3, -0.25) is 0 Å². The first-order chi connectivity index (χ1) is 11.0. The summed E-state index contributed by atoms with van der Waals surface area (Å²) in [7, 11) is 0. The number of rotatable bonds is 3. The Morgan fingerprint density at radius 1 is 1.22 bits per heavy atom. The molecule has 1 aromatic heterocycles. The van der Waals surface area contributed by atoms with E-state index in [0.29, 0.717) is 16.5 Å². The van der Waals surface area contributed by atoms with Gasteiger partial charge >= 0.3 is 0 Å². The average Bonchev–Trinajstić information content (AvgIpc) is 2.85. The minimum Gasteiger partial charge on any atom is -0.507 e. The molecule has 3 rings (SSSR count). The summed E-state index contributed by atoms with van der Waals surface area (Å²) in [6, 6.07) is 9.08. The number of phenolic OH excluding ortho intramolecular Hbond substituents is 1. The zero-order valence-electron chi connectivity index (χ0n) is 13.3. The highest BCUT2D eigenvalue weighted by molar-refractivity contribution is 6.30. The summed E-state index contributed by atoms with van der Waals surface area (Å²) < 4.78 is 2.06. The van der Waals surface area contributed by atoms with Gasteiger partial charge in [0, 0.05) is 23.3 Å². The van der Waals surface area contributed by atoms with Gasteiger partial charge in [0.15, 0.2) is 0 Å². The van der Waals surface area contributed by atoms with E-state index in [0.717, 1.165) is 17.6 Å². The van der Waals surface area contributed by atoms with Gasteiger partial charge in [-0.25, -0.2) is 9.98 Å². The van der Waals surface area contributed by atoms with Crippen molar-refractivity contribution in [1.82, 2.24) is 9.55 Å². The number of aromatic hydroxyl groups is 1. The Morgan fingerprint density at radius 2 is 1.96 bits per heavy atom. The van der Waals surface area contributed by atoms with Crippen LogP contribution in [0.1, 0.15) is 23.6 Å². The van der Waals surface area contributed by atoms with Crippen LogP contribution in [0.5, 0.6) is 5.75 Å². The maximum Gasteiger partial charge on any atom is 0.230 e. The molecular weight excluding hydrogens is 310 g/mol. The molecule has 0 saturated carbocycles. The number of hydrogen-bond acceptors (Lipinski definition) is 3. The van der Waals surface area contributed by atoms with E-state index in [1.807, 2.05) is 0 Å². The lowest BCUT2D eigenvalue weighted by Crippen LogP contribution is -1.94. The molecule has 1 heterocycles. The summed E-state index contributed by atoms with van der Waals surface area (Å²) in [5.41, 5.74) is 5.01. The van der Waals surface area contributed by atoms with Gasteiger partial charge in [0.2, 0.25) is 5.95 Å². The maximum atomic E-state index is 9.87. The van der Waals surface area contributed by atoms with Crippen LogP contribution in [0.3, 0.4) is 0 Å². The van der Waals surface area contributed by atoms with Crippen LogP contribution < -0.4 is 0 Å². The van der Waals surface area contributed by atoms with E-state index in [1.165, 1.54) is 11.1 Å². The summed E-state index contributed by atoms with van der Waals surface area (Å²) in [6.45, 7) is 7.00. The van der Waals surface area contributed by atoms with Gasteiger partial charge < -0.3 is 9.67 Å². The van der Waals surface area contributed by atoms with Crippen LogP contribution in [0.15, 0.2) is 35.3 Å². The van der Waals surface area contributed by atoms with E-state index in [1.54, 1.807) is 24.4 Å². The van der Waals surface area contributed by atoms with Gasteiger partial charge in [0.05, 0.1) is 11.0 Å². The topological polar surface area (TPSA) is 50.4 Å². The van der Waals surface area contributed by atoms with Crippen LogP contribution in [0, 0.1) is 13.8 Å². The third kappa shape index (κ3) is 2.94. The van der Waals surface area contributed by atoms with Crippen LogP contribution in [0.25, 0.3) is 11.0 Å². The van der Waals surface area contributed by atoms with Crippen LogP contribution in [0.4, 0.5) is 5.95 Å². The molecule has 118 valence electrons. The van der Waals surface area contributed by atoms with Gasteiger partial charge in [-0.2, -0.15) is 0 Å². The second-order valence-electron chi connectivity index (χ2n) is 5.54. The van der Waals surface area contributed by atoms with E-state index < -0.39 is 0 Å². The second-order valence-corrected chi connectivity index (χ2v) is 5.98. The molecule has 23 heavy (non-hydrogen) atoms. The highest BCUT2D eigenvalue weighted by Crippen LogP contribution is 2.26. The van der Waals surface area contributed by atoms with Crippen molar-refractivity contribution >= 4 is 34.8 Å². The molecule has 0 aliphatic heterocycles. The molecule has 0 fully saturated rings. The Kier molecular flexibility index (Phi) is 4.09. The predicted molar refractivity (Wildman–Crippen MR) is 95.3 cm³/mol. The van der Waals surface area contributed by atoms with Crippen molar-refractivity contribution in [2.75, 3.05) is 0 Å². The van der Waals surface area contributed by atoms with E-state index >= 15 is 0 Å². The Bertz CT molecular complexity index is 912. The van der Waals surface area contributed by atoms with Crippen LogP contribution in [0.2, 0.25) is 5.02 Å². The molecule has 0 spiro atoms. The van der Waals surface area contributed by atoms with Crippen molar-refractivity contribution in [3.05, 3.63) is 52.0 Å². The van der Waals surface area contributed by atoms with Crippen LogP contribution in [-0.4, -0.2) is 20.9 Å². The molecule has 1 N–H and O–H groups in total. The summed E-state index contributed by atoms with van der Waals surface area (Å²) >= 11 is 5.96. The smallest absolute Gasteiger partial charge is 0.230 e. The highest BCUT2D eigenvalue weighted by atomic mass is 35.5. The number of halogens is 1. The van der Waals surface area contributed by atoms with Gasteiger partial charge in [0.1, 0.15) is 5.75 Å². The normalized spacial score (nSPS) is 11.7. The molecule has 0 aliphatic rings. The number of imidazole rings is 1. The third-order valence-electron chi connectivity index (χ3n) is 3.97. The molecule has 0 radical (unpaired) electrons. The Hall–Kier alpha value is -2.33. The Morgan fingerprint density at radius 3 is 2.70 bits per heavy atom. The maximum absolute atomic E-state index is 9.87. The fourth-order valence-electron chi connectivity index (χ4n) is 2.53. The quantitative estimate of drug-likeness (QED) is 0.704. The molecular formula is C18H18ClN3O. The summed E-state index contributed by atoms with van der Waals surface area (Å²) in [4.78, 5) is 9.06. The Labute approximate surface area is 140 Å². The first-order valence-electron chi connectivity index (χ1n) is 7.49. The van der Waals surface area contributed by atoms with E-state index in [2.05, 4.69) is 47.4 Å². The SMILES string of the molecule is CCn1c(/N=C/c2cc(Cl)ccc2O)nc2cc(C)c(C)cc21. The number of phenols is 1. The van der Waals surface area contributed by atoms with Crippen LogP contribution in [-0.2, 0) is 6.54 Å². The van der Waals surface area contributed by atoms with Crippen molar-refractivity contribution in [3.63, 3.8) is 0 Å². The summed E-state index contributed by atoms with van der Waals surface area (Å²) in [5, 5.41) is 10.4. The molecule has 0 saturated heterocycles. The first-order valence-corrected chi connectivity index (χ1v) is 7.87. The molecule has 3 aromatic rings. The molecule has 4 nitrogen and oxygen atoms in total. The number of hydrogen-bond donors (Lipinski definition) is 1. The molecule has 0 amide bonds. The lowest BCUT2D eigenvalue weighted by molar-refractivity contribution is 0.474. The highest BCUT2D eigenvalue weighted by Gasteiger charge is 2.10. The minimum absolute atomic E-state index is 0.143. The molecule has 0 aliphatic carbocycles.